The van der Waals surface area contributed by atoms with Crippen LogP contribution in [0.4, 0.5) is 5.69 Å². The zero-order valence-electron chi connectivity index (χ0n) is 15.3. The summed E-state index contributed by atoms with van der Waals surface area (Å²) in [6.45, 7) is 0.448. The Morgan fingerprint density at radius 3 is 2.50 bits per heavy atom. The van der Waals surface area contributed by atoms with Crippen molar-refractivity contribution in [2.24, 2.45) is 0 Å². The van der Waals surface area contributed by atoms with E-state index in [4.69, 9.17) is 4.74 Å². The van der Waals surface area contributed by atoms with Crippen molar-refractivity contribution in [2.75, 3.05) is 12.4 Å². The predicted octanol–water partition coefficient (Wildman–Crippen LogP) is 3.05. The molecule has 0 saturated carbocycles. The number of hydrogen-bond donors (Lipinski definition) is 2. The molecule has 2 N–H and O–H groups in total. The van der Waals surface area contributed by atoms with E-state index in [1.54, 1.807) is 19.2 Å². The topological polar surface area (TPSA) is 93.2 Å². The first-order chi connectivity index (χ1) is 13.6. The molecule has 1 aromatic heterocycles. The first kappa shape index (κ1) is 19.5. The average Bonchev–Trinajstić information content (AvgIpc) is 3.21. The van der Waals surface area contributed by atoms with E-state index in [-0.39, 0.29) is 23.2 Å². The van der Waals surface area contributed by atoms with E-state index in [1.165, 1.54) is 11.3 Å². The van der Waals surface area contributed by atoms with Gasteiger partial charge in [0.05, 0.1) is 7.11 Å². The van der Waals surface area contributed by atoms with Gasteiger partial charge < -0.3 is 15.4 Å². The molecule has 1 heterocycles. The molecule has 8 heteroatoms. The van der Waals surface area contributed by atoms with Crippen LogP contribution in [0.1, 0.15) is 26.8 Å². The second-order valence-corrected chi connectivity index (χ2v) is 7.01. The van der Waals surface area contributed by atoms with E-state index in [2.05, 4.69) is 20.8 Å². The van der Waals surface area contributed by atoms with Crippen LogP contribution < -0.4 is 15.4 Å². The maximum Gasteiger partial charge on any atom is 0.286 e. The van der Waals surface area contributed by atoms with Gasteiger partial charge in [-0.3, -0.25) is 9.59 Å². The molecule has 7 nitrogen and oxygen atoms in total. The predicted molar refractivity (Wildman–Crippen MR) is 107 cm³/mol. The number of para-hydroxylation sites is 1. The molecule has 0 aliphatic heterocycles. The van der Waals surface area contributed by atoms with Crippen LogP contribution in [0, 0.1) is 0 Å². The van der Waals surface area contributed by atoms with Crippen molar-refractivity contribution in [1.82, 2.24) is 15.5 Å². The van der Waals surface area contributed by atoms with Crippen LogP contribution in [0.5, 0.6) is 5.75 Å². The van der Waals surface area contributed by atoms with Gasteiger partial charge in [-0.05, 0) is 29.8 Å². The fourth-order valence-corrected chi connectivity index (χ4v) is 3.14. The molecule has 0 saturated heterocycles. The molecule has 0 radical (unpaired) electrons. The number of hydrogen-bond acceptors (Lipinski definition) is 6. The van der Waals surface area contributed by atoms with Crippen LogP contribution in [0.15, 0.2) is 54.6 Å². The smallest absolute Gasteiger partial charge is 0.286 e. The molecule has 28 heavy (non-hydrogen) atoms. The summed E-state index contributed by atoms with van der Waals surface area (Å²) < 4.78 is 5.11. The lowest BCUT2D eigenvalue weighted by Crippen LogP contribution is -2.22. The lowest BCUT2D eigenvalue weighted by Gasteiger charge is -2.05. The molecule has 0 fully saturated rings. The quantitative estimate of drug-likeness (QED) is 0.610. The van der Waals surface area contributed by atoms with E-state index in [1.807, 2.05) is 42.5 Å². The summed E-state index contributed by atoms with van der Waals surface area (Å²) in [5, 5.41) is 14.5. The second kappa shape index (κ2) is 9.61. The third kappa shape index (κ3) is 5.62. The van der Waals surface area contributed by atoms with Crippen LogP contribution in [0.25, 0.3) is 0 Å². The van der Waals surface area contributed by atoms with Gasteiger partial charge >= 0.3 is 0 Å². The highest BCUT2D eigenvalue weighted by Gasteiger charge is 2.14. The van der Waals surface area contributed by atoms with Crippen molar-refractivity contribution in [1.29, 1.82) is 0 Å². The molecule has 0 unspecified atom stereocenters. The number of carbonyl (C=O) groups is 2. The number of rotatable bonds is 8. The van der Waals surface area contributed by atoms with E-state index in [0.29, 0.717) is 23.7 Å². The lowest BCUT2D eigenvalue weighted by atomic mass is 10.2. The fourth-order valence-electron chi connectivity index (χ4n) is 2.41. The normalized spacial score (nSPS) is 10.3. The standard InChI is InChI=1S/C20H20N4O3S/c1-27-16-9-7-14(8-10-16)13-21-17(25)11-12-18-23-24-20(28-18)19(26)22-15-5-3-2-4-6-15/h2-10H,11-13H2,1H3,(H,21,25)(H,22,26). The number of carbonyl (C=O) groups excluding carboxylic acids is 2. The van der Waals surface area contributed by atoms with Crippen molar-refractivity contribution in [3.63, 3.8) is 0 Å². The van der Waals surface area contributed by atoms with Gasteiger partial charge in [0.2, 0.25) is 10.9 Å². The van der Waals surface area contributed by atoms with Gasteiger partial charge in [0, 0.05) is 25.1 Å². The van der Waals surface area contributed by atoms with Crippen molar-refractivity contribution in [2.45, 2.75) is 19.4 Å². The number of ether oxygens (including phenoxy) is 1. The zero-order valence-corrected chi connectivity index (χ0v) is 16.2. The van der Waals surface area contributed by atoms with Gasteiger partial charge in [0.1, 0.15) is 10.8 Å². The molecule has 2 aromatic carbocycles. The summed E-state index contributed by atoms with van der Waals surface area (Å²) in [4.78, 5) is 24.2. The maximum atomic E-state index is 12.2. The number of amides is 2. The van der Waals surface area contributed by atoms with Crippen LogP contribution in [0.2, 0.25) is 0 Å². The minimum absolute atomic E-state index is 0.0821. The molecule has 144 valence electrons. The Morgan fingerprint density at radius 1 is 1.04 bits per heavy atom. The van der Waals surface area contributed by atoms with Crippen LogP contribution in [-0.2, 0) is 17.8 Å². The van der Waals surface area contributed by atoms with Crippen LogP contribution in [-0.4, -0.2) is 29.1 Å². The molecule has 0 bridgehead atoms. The highest BCUT2D eigenvalue weighted by atomic mass is 32.1. The Balaban J connectivity index is 1.44. The SMILES string of the molecule is COc1ccc(CNC(=O)CCc2nnc(C(=O)Nc3ccccc3)s2)cc1. The minimum Gasteiger partial charge on any atom is -0.497 e. The number of benzene rings is 2. The minimum atomic E-state index is -0.307. The first-order valence-electron chi connectivity index (χ1n) is 8.72. The molecular formula is C20H20N4O3S. The number of anilines is 1. The summed E-state index contributed by atoms with van der Waals surface area (Å²) >= 11 is 1.19. The van der Waals surface area contributed by atoms with E-state index >= 15 is 0 Å². The van der Waals surface area contributed by atoms with E-state index in [0.717, 1.165) is 11.3 Å². The Kier molecular flexibility index (Phi) is 6.69. The van der Waals surface area contributed by atoms with Crippen LogP contribution >= 0.6 is 11.3 Å². The summed E-state index contributed by atoms with van der Waals surface area (Å²) in [7, 11) is 1.61. The van der Waals surface area contributed by atoms with Crippen molar-refractivity contribution < 1.29 is 14.3 Å². The fraction of sp³-hybridized carbons (Fsp3) is 0.200. The number of nitrogens with one attached hydrogen (secondary N) is 2. The third-order valence-electron chi connectivity index (χ3n) is 3.91. The van der Waals surface area contributed by atoms with Gasteiger partial charge in [-0.1, -0.05) is 41.7 Å². The van der Waals surface area contributed by atoms with Gasteiger partial charge in [0.15, 0.2) is 0 Å². The Labute approximate surface area is 166 Å². The Bertz CT molecular complexity index is 926. The lowest BCUT2D eigenvalue weighted by molar-refractivity contribution is -0.121. The Hall–Kier alpha value is -3.26. The molecule has 2 amide bonds. The van der Waals surface area contributed by atoms with E-state index < -0.39 is 0 Å². The molecule has 0 spiro atoms. The third-order valence-corrected chi connectivity index (χ3v) is 4.89. The monoisotopic (exact) mass is 396 g/mol. The van der Waals surface area contributed by atoms with Gasteiger partial charge in [0.25, 0.3) is 5.91 Å². The molecule has 0 atom stereocenters. The van der Waals surface area contributed by atoms with Crippen LogP contribution in [0.3, 0.4) is 0 Å². The summed E-state index contributed by atoms with van der Waals surface area (Å²) in [6.07, 6.45) is 0.718. The summed E-state index contributed by atoms with van der Waals surface area (Å²) in [5.74, 6) is 0.388. The summed E-state index contributed by atoms with van der Waals surface area (Å²) in [5.41, 5.74) is 1.69. The molecule has 0 aliphatic carbocycles. The number of aromatic nitrogens is 2. The molecular weight excluding hydrogens is 376 g/mol. The van der Waals surface area contributed by atoms with Crippen molar-refractivity contribution >= 4 is 28.8 Å². The highest BCUT2D eigenvalue weighted by Crippen LogP contribution is 2.15. The number of methoxy groups -OCH3 is 1. The highest BCUT2D eigenvalue weighted by molar-refractivity contribution is 7.13. The Morgan fingerprint density at radius 2 is 1.79 bits per heavy atom. The number of aryl methyl sites for hydroxylation is 1. The van der Waals surface area contributed by atoms with E-state index in [9.17, 15) is 9.59 Å². The van der Waals surface area contributed by atoms with Crippen molar-refractivity contribution in [3.8, 4) is 5.75 Å². The van der Waals surface area contributed by atoms with Gasteiger partial charge in [-0.25, -0.2) is 0 Å². The molecule has 3 aromatic rings. The number of nitrogens with zero attached hydrogens (tertiary/aromatic N) is 2. The molecule has 0 aliphatic rings. The largest absolute Gasteiger partial charge is 0.497 e. The van der Waals surface area contributed by atoms with Gasteiger partial charge in [-0.15, -0.1) is 10.2 Å². The summed E-state index contributed by atoms with van der Waals surface area (Å²) in [6, 6.07) is 16.7. The zero-order chi connectivity index (χ0) is 19.8. The second-order valence-electron chi connectivity index (χ2n) is 5.95. The average molecular weight is 396 g/mol. The first-order valence-corrected chi connectivity index (χ1v) is 9.54. The van der Waals surface area contributed by atoms with Gasteiger partial charge in [-0.2, -0.15) is 0 Å². The molecule has 3 rings (SSSR count). The van der Waals surface area contributed by atoms with Crippen molar-refractivity contribution in [3.05, 3.63) is 70.2 Å². The maximum absolute atomic E-state index is 12.2.